The minimum absolute atomic E-state index is 0.271. The van der Waals surface area contributed by atoms with Gasteiger partial charge in [-0.25, -0.2) is 0 Å². The zero-order valence-electron chi connectivity index (χ0n) is 12.7. The number of likely N-dealkylation sites (tertiary alicyclic amines) is 1. The Bertz CT molecular complexity index is 218. The van der Waals surface area contributed by atoms with Crippen LogP contribution in [0, 0.1) is 5.92 Å². The van der Waals surface area contributed by atoms with E-state index in [-0.39, 0.29) is 5.92 Å². The maximum atomic E-state index is 12.0. The zero-order valence-corrected chi connectivity index (χ0v) is 13.6. The molecule has 1 amide bonds. The number of amides is 1. The number of piperidine rings is 1. The van der Waals surface area contributed by atoms with E-state index in [9.17, 15) is 4.79 Å². The van der Waals surface area contributed by atoms with Gasteiger partial charge >= 0.3 is 0 Å². The molecular weight excluding hydrogens is 244 g/mol. The van der Waals surface area contributed by atoms with Crippen LogP contribution in [0.25, 0.3) is 0 Å². The Morgan fingerprint density at radius 2 is 1.83 bits per heavy atom. The topological polar surface area (TPSA) is 23.6 Å². The lowest BCUT2D eigenvalue weighted by Crippen LogP contribution is -2.42. The van der Waals surface area contributed by atoms with Crippen LogP contribution < -0.4 is 0 Å². The second-order valence-corrected chi connectivity index (χ2v) is 5.32. The molecule has 2 aliphatic heterocycles. The van der Waals surface area contributed by atoms with E-state index in [0.717, 1.165) is 37.7 Å². The number of carbonyl (C=O) groups excluding carboxylic acids is 1. The largest absolute Gasteiger partial charge is 0.332 e. The number of hydrogen-bond acceptors (Lipinski definition) is 3. The van der Waals surface area contributed by atoms with Crippen LogP contribution in [0.2, 0.25) is 0 Å². The Labute approximate surface area is 117 Å². The summed E-state index contributed by atoms with van der Waals surface area (Å²) in [5.41, 5.74) is 0. The maximum absolute atomic E-state index is 12.0. The Morgan fingerprint density at radius 1 is 1.17 bits per heavy atom. The van der Waals surface area contributed by atoms with Crippen molar-refractivity contribution in [1.82, 2.24) is 9.80 Å². The van der Waals surface area contributed by atoms with Crippen LogP contribution in [0.3, 0.4) is 0 Å². The van der Waals surface area contributed by atoms with Crippen LogP contribution in [0.5, 0.6) is 0 Å². The molecule has 4 heteroatoms. The molecular formula is C14H30N2OS. The molecule has 2 rings (SSSR count). The summed E-state index contributed by atoms with van der Waals surface area (Å²) in [5.74, 6) is 2.70. The van der Waals surface area contributed by atoms with Gasteiger partial charge in [0.15, 0.2) is 0 Å². The lowest BCUT2D eigenvalue weighted by molar-refractivity contribution is -0.135. The molecule has 0 aromatic carbocycles. The monoisotopic (exact) mass is 274 g/mol. The van der Waals surface area contributed by atoms with E-state index < -0.39 is 0 Å². The molecule has 0 aromatic heterocycles. The normalized spacial score (nSPS) is 23.6. The first kappa shape index (κ1) is 17.8. The molecule has 0 aromatic rings. The molecule has 2 aliphatic rings. The quantitative estimate of drug-likeness (QED) is 0.734. The van der Waals surface area contributed by atoms with Crippen molar-refractivity contribution in [3.8, 4) is 0 Å². The third-order valence-corrected chi connectivity index (χ3v) is 4.00. The Morgan fingerprint density at radius 3 is 2.33 bits per heavy atom. The van der Waals surface area contributed by atoms with Crippen molar-refractivity contribution in [3.05, 3.63) is 0 Å². The van der Waals surface area contributed by atoms with Gasteiger partial charge in [0.2, 0.25) is 5.91 Å². The molecule has 0 N–H and O–H groups in total. The van der Waals surface area contributed by atoms with Crippen LogP contribution in [-0.2, 0) is 4.79 Å². The van der Waals surface area contributed by atoms with Crippen LogP contribution in [0.1, 0.15) is 40.5 Å². The molecule has 18 heavy (non-hydrogen) atoms. The van der Waals surface area contributed by atoms with E-state index in [0.29, 0.717) is 5.91 Å². The molecule has 0 spiro atoms. The number of thioether (sulfide) groups is 1. The molecule has 2 fully saturated rings. The van der Waals surface area contributed by atoms with Crippen molar-refractivity contribution in [2.24, 2.45) is 5.92 Å². The number of carbonyl (C=O) groups is 1. The minimum atomic E-state index is 0.271. The van der Waals surface area contributed by atoms with Crippen molar-refractivity contribution in [3.63, 3.8) is 0 Å². The van der Waals surface area contributed by atoms with Crippen LogP contribution >= 0.6 is 11.8 Å². The highest BCUT2D eigenvalue weighted by Gasteiger charge is 2.29. The Kier molecular flexibility index (Phi) is 10.5. The number of hydrogen-bond donors (Lipinski definition) is 0. The van der Waals surface area contributed by atoms with Gasteiger partial charge in [-0.1, -0.05) is 27.7 Å². The average molecular weight is 274 g/mol. The van der Waals surface area contributed by atoms with E-state index in [1.54, 1.807) is 0 Å². The molecule has 2 saturated heterocycles. The highest BCUT2D eigenvalue weighted by molar-refractivity contribution is 7.99. The maximum Gasteiger partial charge on any atom is 0.227 e. The summed E-state index contributed by atoms with van der Waals surface area (Å²) in [6, 6.07) is 0. The van der Waals surface area contributed by atoms with Gasteiger partial charge in [0.1, 0.15) is 0 Å². The fourth-order valence-corrected chi connectivity index (χ4v) is 3.17. The van der Waals surface area contributed by atoms with Crippen molar-refractivity contribution < 1.29 is 4.79 Å². The SMILES string of the molecule is CC.CC.CN1CCCC(C(=O)N2CCSC2)C1. The van der Waals surface area contributed by atoms with E-state index >= 15 is 0 Å². The summed E-state index contributed by atoms with van der Waals surface area (Å²) in [6.45, 7) is 11.1. The first-order valence-electron chi connectivity index (χ1n) is 7.32. The summed E-state index contributed by atoms with van der Waals surface area (Å²) in [4.78, 5) is 16.3. The van der Waals surface area contributed by atoms with E-state index in [1.165, 1.54) is 6.42 Å². The third kappa shape index (κ3) is 5.61. The second kappa shape index (κ2) is 10.7. The van der Waals surface area contributed by atoms with Gasteiger partial charge < -0.3 is 9.80 Å². The average Bonchev–Trinajstić information content (AvgIpc) is 2.96. The highest BCUT2D eigenvalue weighted by Crippen LogP contribution is 2.21. The predicted octanol–water partition coefficient (Wildman–Crippen LogP) is 2.91. The van der Waals surface area contributed by atoms with Crippen LogP contribution in [-0.4, -0.2) is 54.0 Å². The van der Waals surface area contributed by atoms with E-state index in [2.05, 4.69) is 11.9 Å². The molecule has 1 atom stereocenters. The first-order valence-corrected chi connectivity index (χ1v) is 8.48. The summed E-state index contributed by atoms with van der Waals surface area (Å²) in [5, 5.41) is 0. The summed E-state index contributed by atoms with van der Waals surface area (Å²) in [6.07, 6.45) is 2.26. The second-order valence-electron chi connectivity index (χ2n) is 4.24. The zero-order chi connectivity index (χ0) is 14.0. The Hall–Kier alpha value is -0.220. The van der Waals surface area contributed by atoms with Gasteiger partial charge in [0.25, 0.3) is 0 Å². The molecule has 3 nitrogen and oxygen atoms in total. The van der Waals surface area contributed by atoms with Crippen molar-refractivity contribution in [2.75, 3.05) is 38.3 Å². The van der Waals surface area contributed by atoms with E-state index in [1.807, 2.05) is 44.4 Å². The number of rotatable bonds is 1. The van der Waals surface area contributed by atoms with Gasteiger partial charge in [0.05, 0.1) is 11.8 Å². The summed E-state index contributed by atoms with van der Waals surface area (Å²) in [7, 11) is 2.11. The summed E-state index contributed by atoms with van der Waals surface area (Å²) >= 11 is 1.87. The lowest BCUT2D eigenvalue weighted by atomic mass is 9.97. The Balaban J connectivity index is 0.000000659. The van der Waals surface area contributed by atoms with Crippen LogP contribution in [0.4, 0.5) is 0 Å². The molecule has 1 unspecified atom stereocenters. The smallest absolute Gasteiger partial charge is 0.227 e. The van der Waals surface area contributed by atoms with Gasteiger partial charge in [0, 0.05) is 18.8 Å². The first-order chi connectivity index (χ1) is 8.77. The molecule has 0 saturated carbocycles. The van der Waals surface area contributed by atoms with Gasteiger partial charge in [-0.2, -0.15) is 0 Å². The fraction of sp³-hybridized carbons (Fsp3) is 0.929. The minimum Gasteiger partial charge on any atom is -0.332 e. The molecule has 0 bridgehead atoms. The highest BCUT2D eigenvalue weighted by atomic mass is 32.2. The summed E-state index contributed by atoms with van der Waals surface area (Å²) < 4.78 is 0. The fourth-order valence-electron chi connectivity index (χ4n) is 2.21. The molecule has 0 aliphatic carbocycles. The lowest BCUT2D eigenvalue weighted by Gasteiger charge is -2.31. The van der Waals surface area contributed by atoms with Crippen molar-refractivity contribution in [2.45, 2.75) is 40.5 Å². The molecule has 2 heterocycles. The van der Waals surface area contributed by atoms with Crippen molar-refractivity contribution in [1.29, 1.82) is 0 Å². The van der Waals surface area contributed by atoms with E-state index in [4.69, 9.17) is 0 Å². The van der Waals surface area contributed by atoms with Gasteiger partial charge in [-0.05, 0) is 26.4 Å². The molecule has 0 radical (unpaired) electrons. The van der Waals surface area contributed by atoms with Gasteiger partial charge in [-0.15, -0.1) is 11.8 Å². The number of nitrogens with zero attached hydrogens (tertiary/aromatic N) is 2. The standard InChI is InChI=1S/C10H18N2OS.2C2H6/c1-11-4-2-3-9(7-11)10(13)12-5-6-14-8-12;2*1-2/h9H,2-8H2,1H3;2*1-2H3. The third-order valence-electron chi connectivity index (χ3n) is 3.04. The van der Waals surface area contributed by atoms with Crippen LogP contribution in [0.15, 0.2) is 0 Å². The van der Waals surface area contributed by atoms with Crippen molar-refractivity contribution >= 4 is 17.7 Å². The molecule has 108 valence electrons. The van der Waals surface area contributed by atoms with Gasteiger partial charge in [-0.3, -0.25) is 4.79 Å². The predicted molar refractivity (Wildman–Crippen MR) is 82.0 cm³/mol.